The van der Waals surface area contributed by atoms with Crippen LogP contribution in [0.25, 0.3) is 110 Å². The van der Waals surface area contributed by atoms with Crippen LogP contribution in [-0.2, 0) is 0 Å². The highest BCUT2D eigenvalue weighted by Gasteiger charge is 2.21. The molecule has 0 unspecified atom stereocenters. The van der Waals surface area contributed by atoms with Crippen LogP contribution in [-0.4, -0.2) is 0 Å². The topological polar surface area (TPSA) is 26.3 Å². The molecule has 2 heteroatoms. The van der Waals surface area contributed by atoms with Gasteiger partial charge in [-0.15, -0.1) is 0 Å². The van der Waals surface area contributed by atoms with E-state index in [1.54, 1.807) is 0 Å². The lowest BCUT2D eigenvalue weighted by Crippen LogP contribution is -1.91. The number of rotatable bonds is 3. The first-order valence-corrected chi connectivity index (χ1v) is 17.1. The van der Waals surface area contributed by atoms with Gasteiger partial charge in [-0.25, -0.2) is 0 Å². The molecule has 0 bridgehead atoms. The summed E-state index contributed by atoms with van der Waals surface area (Å²) in [7, 11) is 0. The number of hydrogen-bond donors (Lipinski definition) is 0. The average molecular weight is 637 g/mol. The Labute approximate surface area is 287 Å². The Kier molecular flexibility index (Phi) is 5.70. The zero-order valence-electron chi connectivity index (χ0n) is 27.0. The fourth-order valence-electron chi connectivity index (χ4n) is 8.34. The minimum atomic E-state index is 0.873. The van der Waals surface area contributed by atoms with Crippen molar-refractivity contribution < 1.29 is 8.83 Å². The van der Waals surface area contributed by atoms with Crippen LogP contribution >= 0.6 is 0 Å². The van der Waals surface area contributed by atoms with Gasteiger partial charge in [0.2, 0.25) is 0 Å². The smallest absolute Gasteiger partial charge is 0.143 e. The van der Waals surface area contributed by atoms with E-state index in [4.69, 9.17) is 8.83 Å². The maximum absolute atomic E-state index is 6.72. The number of fused-ring (bicyclic) bond motifs is 11. The van der Waals surface area contributed by atoms with Gasteiger partial charge in [-0.2, -0.15) is 0 Å². The van der Waals surface area contributed by atoms with E-state index in [0.717, 1.165) is 65.8 Å². The molecule has 11 rings (SSSR count). The summed E-state index contributed by atoms with van der Waals surface area (Å²) >= 11 is 0. The molecular formula is C48H28O2. The SMILES string of the molecule is c1ccc(-c2c3ccccc3c(-c3cccc(-c4cc5oc6ccccc6c5c5ccc6c7ccccc7oc6c45)c3)c3ccccc23)cc1. The van der Waals surface area contributed by atoms with E-state index in [2.05, 4.69) is 158 Å². The summed E-state index contributed by atoms with van der Waals surface area (Å²) in [4.78, 5) is 0. The third kappa shape index (κ3) is 3.85. The second kappa shape index (κ2) is 10.4. The molecule has 0 saturated heterocycles. The Morgan fingerprint density at radius 2 is 0.800 bits per heavy atom. The van der Waals surface area contributed by atoms with Crippen molar-refractivity contribution in [1.29, 1.82) is 0 Å². The molecular weight excluding hydrogens is 609 g/mol. The predicted octanol–water partition coefficient (Wildman–Crippen LogP) is 13.9. The lowest BCUT2D eigenvalue weighted by Gasteiger charge is -2.18. The molecule has 0 aliphatic rings. The third-order valence-corrected chi connectivity index (χ3v) is 10.4. The summed E-state index contributed by atoms with van der Waals surface area (Å²) < 4.78 is 13.3. The van der Waals surface area contributed by atoms with Gasteiger partial charge < -0.3 is 8.83 Å². The molecule has 2 aromatic heterocycles. The van der Waals surface area contributed by atoms with Gasteiger partial charge in [0.1, 0.15) is 22.3 Å². The van der Waals surface area contributed by atoms with Crippen molar-refractivity contribution in [1.82, 2.24) is 0 Å². The van der Waals surface area contributed by atoms with Gasteiger partial charge in [0.25, 0.3) is 0 Å². The Hall–Kier alpha value is -6.64. The zero-order valence-corrected chi connectivity index (χ0v) is 27.0. The first kappa shape index (κ1) is 27.3. The summed E-state index contributed by atoms with van der Waals surface area (Å²) in [5, 5.41) is 11.7. The number of para-hydroxylation sites is 2. The molecule has 50 heavy (non-hydrogen) atoms. The van der Waals surface area contributed by atoms with Crippen molar-refractivity contribution in [3.8, 4) is 33.4 Å². The number of hydrogen-bond acceptors (Lipinski definition) is 2. The first-order chi connectivity index (χ1) is 24.8. The standard InChI is InChI=1S/C48H28O2/c1-2-13-29(14-3-1)44-33-18-4-6-20-35(33)45(36-21-7-5-19-34(36)44)31-16-12-15-30(27-31)40-28-43-46(38-22-9-11-24-42(38)49-43)39-26-25-37-32-17-8-10-23-41(32)50-48(37)47(39)40/h1-28H. The van der Waals surface area contributed by atoms with Gasteiger partial charge in [-0.3, -0.25) is 0 Å². The fraction of sp³-hybridized carbons (Fsp3) is 0. The monoisotopic (exact) mass is 636 g/mol. The molecule has 2 nitrogen and oxygen atoms in total. The quantitative estimate of drug-likeness (QED) is 0.180. The second-order valence-electron chi connectivity index (χ2n) is 13.1. The molecule has 9 aromatic carbocycles. The van der Waals surface area contributed by atoms with E-state index >= 15 is 0 Å². The molecule has 2 heterocycles. The van der Waals surface area contributed by atoms with Crippen molar-refractivity contribution >= 4 is 76.2 Å². The van der Waals surface area contributed by atoms with Gasteiger partial charge in [0, 0.05) is 26.9 Å². The number of benzene rings is 9. The summed E-state index contributed by atoms with van der Waals surface area (Å²) in [6, 6.07) is 60.7. The van der Waals surface area contributed by atoms with E-state index in [9.17, 15) is 0 Å². The molecule has 0 spiro atoms. The Morgan fingerprint density at radius 3 is 1.50 bits per heavy atom. The summed E-state index contributed by atoms with van der Waals surface area (Å²) in [5.74, 6) is 0. The molecule has 0 N–H and O–H groups in total. The Morgan fingerprint density at radius 1 is 0.280 bits per heavy atom. The van der Waals surface area contributed by atoms with E-state index in [-0.39, 0.29) is 0 Å². The fourth-order valence-corrected chi connectivity index (χ4v) is 8.34. The van der Waals surface area contributed by atoms with Gasteiger partial charge in [0.05, 0.1) is 0 Å². The van der Waals surface area contributed by atoms with Gasteiger partial charge in [-0.05, 0) is 90.6 Å². The van der Waals surface area contributed by atoms with Crippen LogP contribution < -0.4 is 0 Å². The van der Waals surface area contributed by atoms with Crippen LogP contribution in [0.5, 0.6) is 0 Å². The van der Waals surface area contributed by atoms with Crippen molar-refractivity contribution in [3.63, 3.8) is 0 Å². The minimum absolute atomic E-state index is 0.873. The van der Waals surface area contributed by atoms with Crippen LogP contribution in [0.3, 0.4) is 0 Å². The largest absolute Gasteiger partial charge is 0.456 e. The predicted molar refractivity (Wildman–Crippen MR) is 210 cm³/mol. The third-order valence-electron chi connectivity index (χ3n) is 10.4. The first-order valence-electron chi connectivity index (χ1n) is 17.1. The maximum Gasteiger partial charge on any atom is 0.143 e. The number of furan rings is 2. The molecule has 0 fully saturated rings. The molecule has 11 aromatic rings. The normalized spacial score (nSPS) is 12.0. The zero-order chi connectivity index (χ0) is 32.8. The Bertz CT molecular complexity index is 3080. The van der Waals surface area contributed by atoms with Crippen LogP contribution in [0.15, 0.2) is 179 Å². The average Bonchev–Trinajstić information content (AvgIpc) is 3.75. The molecule has 0 atom stereocenters. The second-order valence-corrected chi connectivity index (χ2v) is 13.1. The van der Waals surface area contributed by atoms with Gasteiger partial charge in [-0.1, -0.05) is 140 Å². The van der Waals surface area contributed by atoms with Crippen LogP contribution in [0.1, 0.15) is 0 Å². The van der Waals surface area contributed by atoms with Crippen LogP contribution in [0.4, 0.5) is 0 Å². The van der Waals surface area contributed by atoms with Crippen molar-refractivity contribution in [2.75, 3.05) is 0 Å². The van der Waals surface area contributed by atoms with E-state index in [0.29, 0.717) is 0 Å². The summed E-state index contributed by atoms with van der Waals surface area (Å²) in [5.41, 5.74) is 10.7. The highest BCUT2D eigenvalue weighted by Crippen LogP contribution is 2.47. The van der Waals surface area contributed by atoms with Crippen molar-refractivity contribution in [2.24, 2.45) is 0 Å². The summed E-state index contributed by atoms with van der Waals surface area (Å²) in [6.07, 6.45) is 0. The van der Waals surface area contributed by atoms with Crippen LogP contribution in [0.2, 0.25) is 0 Å². The maximum atomic E-state index is 6.72. The lowest BCUT2D eigenvalue weighted by atomic mass is 9.85. The lowest BCUT2D eigenvalue weighted by molar-refractivity contribution is 0.669. The van der Waals surface area contributed by atoms with Crippen LogP contribution in [0, 0.1) is 0 Å². The summed E-state index contributed by atoms with van der Waals surface area (Å²) in [6.45, 7) is 0. The van der Waals surface area contributed by atoms with E-state index in [1.807, 2.05) is 12.1 Å². The molecule has 0 saturated carbocycles. The van der Waals surface area contributed by atoms with Crippen molar-refractivity contribution in [2.45, 2.75) is 0 Å². The van der Waals surface area contributed by atoms with E-state index in [1.165, 1.54) is 43.8 Å². The minimum Gasteiger partial charge on any atom is -0.456 e. The highest BCUT2D eigenvalue weighted by atomic mass is 16.3. The van der Waals surface area contributed by atoms with Gasteiger partial charge in [0.15, 0.2) is 0 Å². The molecule has 0 aliphatic heterocycles. The molecule has 0 amide bonds. The van der Waals surface area contributed by atoms with E-state index < -0.39 is 0 Å². The molecule has 0 aliphatic carbocycles. The Balaban J connectivity index is 1.24. The van der Waals surface area contributed by atoms with Crippen molar-refractivity contribution in [3.05, 3.63) is 170 Å². The molecule has 232 valence electrons. The molecule has 0 radical (unpaired) electrons. The van der Waals surface area contributed by atoms with Gasteiger partial charge >= 0.3 is 0 Å². The highest BCUT2D eigenvalue weighted by molar-refractivity contribution is 6.29.